The Bertz CT molecular complexity index is 1020. The molecule has 0 aromatic heterocycles. The number of carbonyl (C=O) groups excluding carboxylic acids is 2. The number of rotatable bonds is 4. The van der Waals surface area contributed by atoms with Crippen molar-refractivity contribution in [2.45, 2.75) is 26.2 Å². The van der Waals surface area contributed by atoms with Crippen molar-refractivity contribution in [3.05, 3.63) is 83.4 Å². The summed E-state index contributed by atoms with van der Waals surface area (Å²) in [6.45, 7) is 5.97. The van der Waals surface area contributed by atoms with Crippen LogP contribution in [0.3, 0.4) is 0 Å². The highest BCUT2D eigenvalue weighted by molar-refractivity contribution is 5.97. The standard InChI is InChI=1S/C24H24N2O4/c1-24(2,3)17-11-15(22(27)29-20-8-4-6-18(25)13-20)10-16(12-17)23(28)30-21-9-5-7-19(26)14-21/h4-14H,25-26H2,1-3H3. The third kappa shape index (κ3) is 5.17. The van der Waals surface area contributed by atoms with Gasteiger partial charge in [-0.2, -0.15) is 0 Å². The van der Waals surface area contributed by atoms with Crippen molar-refractivity contribution in [2.75, 3.05) is 11.5 Å². The highest BCUT2D eigenvalue weighted by Crippen LogP contribution is 2.27. The van der Waals surface area contributed by atoms with Crippen LogP contribution in [0.1, 0.15) is 47.1 Å². The molecule has 0 fully saturated rings. The maximum absolute atomic E-state index is 12.8. The molecule has 3 aromatic carbocycles. The second-order valence-electron chi connectivity index (χ2n) is 7.97. The SMILES string of the molecule is CC(C)(C)c1cc(C(=O)Oc2cccc(N)c2)cc(C(=O)Oc2cccc(N)c2)c1. The molecule has 6 nitrogen and oxygen atoms in total. The van der Waals surface area contributed by atoms with Gasteiger partial charge in [0.2, 0.25) is 0 Å². The predicted molar refractivity (Wildman–Crippen MR) is 117 cm³/mol. The molecule has 0 unspecified atom stereocenters. The van der Waals surface area contributed by atoms with Crippen LogP contribution in [0.15, 0.2) is 66.7 Å². The molecule has 0 atom stereocenters. The average molecular weight is 404 g/mol. The van der Waals surface area contributed by atoms with E-state index < -0.39 is 11.9 Å². The van der Waals surface area contributed by atoms with E-state index in [-0.39, 0.29) is 16.5 Å². The van der Waals surface area contributed by atoms with Crippen molar-refractivity contribution in [3.63, 3.8) is 0 Å². The molecule has 30 heavy (non-hydrogen) atoms. The van der Waals surface area contributed by atoms with Crippen molar-refractivity contribution in [3.8, 4) is 11.5 Å². The van der Waals surface area contributed by atoms with Crippen LogP contribution in [0.5, 0.6) is 11.5 Å². The Labute approximate surface area is 175 Å². The van der Waals surface area contributed by atoms with E-state index in [1.165, 1.54) is 6.07 Å². The summed E-state index contributed by atoms with van der Waals surface area (Å²) in [7, 11) is 0. The smallest absolute Gasteiger partial charge is 0.343 e. The number of hydrogen-bond acceptors (Lipinski definition) is 6. The molecule has 154 valence electrons. The predicted octanol–water partition coefficient (Wildman–Crippen LogP) is 4.59. The summed E-state index contributed by atoms with van der Waals surface area (Å²) in [6, 6.07) is 18.0. The molecular formula is C24H24N2O4. The number of carbonyl (C=O) groups is 2. The Morgan fingerprint density at radius 1 is 0.700 bits per heavy atom. The van der Waals surface area contributed by atoms with Crippen molar-refractivity contribution in [1.82, 2.24) is 0 Å². The molecule has 3 rings (SSSR count). The minimum absolute atomic E-state index is 0.240. The van der Waals surface area contributed by atoms with Gasteiger partial charge in [-0.15, -0.1) is 0 Å². The lowest BCUT2D eigenvalue weighted by Gasteiger charge is -2.21. The number of nitrogens with two attached hydrogens (primary N) is 2. The molecule has 0 aliphatic carbocycles. The van der Waals surface area contributed by atoms with E-state index >= 15 is 0 Å². The summed E-state index contributed by atoms with van der Waals surface area (Å²) in [5, 5.41) is 0. The van der Waals surface area contributed by atoms with E-state index in [9.17, 15) is 9.59 Å². The van der Waals surface area contributed by atoms with E-state index in [2.05, 4.69) is 0 Å². The van der Waals surface area contributed by atoms with E-state index in [0.717, 1.165) is 5.56 Å². The van der Waals surface area contributed by atoms with Crippen LogP contribution in [0.4, 0.5) is 11.4 Å². The van der Waals surface area contributed by atoms with Crippen molar-refractivity contribution < 1.29 is 19.1 Å². The number of benzene rings is 3. The number of anilines is 2. The minimum Gasteiger partial charge on any atom is -0.423 e. The lowest BCUT2D eigenvalue weighted by Crippen LogP contribution is -2.18. The van der Waals surface area contributed by atoms with Gasteiger partial charge in [-0.05, 0) is 53.4 Å². The summed E-state index contributed by atoms with van der Waals surface area (Å²) in [6.07, 6.45) is 0. The first-order chi connectivity index (χ1) is 14.1. The van der Waals surface area contributed by atoms with Gasteiger partial charge in [0, 0.05) is 23.5 Å². The van der Waals surface area contributed by atoms with Crippen molar-refractivity contribution >= 4 is 23.3 Å². The van der Waals surface area contributed by atoms with E-state index in [1.807, 2.05) is 20.8 Å². The summed E-state index contributed by atoms with van der Waals surface area (Å²) in [5.41, 5.74) is 13.4. The fraction of sp³-hybridized carbons (Fsp3) is 0.167. The lowest BCUT2D eigenvalue weighted by atomic mass is 9.85. The maximum Gasteiger partial charge on any atom is 0.343 e. The minimum atomic E-state index is -0.593. The van der Waals surface area contributed by atoms with Gasteiger partial charge >= 0.3 is 11.9 Å². The second kappa shape index (κ2) is 8.29. The fourth-order valence-corrected chi connectivity index (χ4v) is 2.78. The maximum atomic E-state index is 12.8. The molecule has 3 aromatic rings. The molecular weight excluding hydrogens is 380 g/mol. The molecule has 0 heterocycles. The Balaban J connectivity index is 1.93. The zero-order chi connectivity index (χ0) is 21.9. The molecule has 0 saturated heterocycles. The van der Waals surface area contributed by atoms with Crippen LogP contribution < -0.4 is 20.9 Å². The molecule has 0 saturated carbocycles. The van der Waals surface area contributed by atoms with Gasteiger partial charge in [0.15, 0.2) is 0 Å². The van der Waals surface area contributed by atoms with E-state index in [0.29, 0.717) is 22.9 Å². The largest absolute Gasteiger partial charge is 0.423 e. The molecule has 6 heteroatoms. The molecule has 4 N–H and O–H groups in total. The number of nitrogen functional groups attached to an aromatic ring is 2. The summed E-state index contributed by atoms with van der Waals surface area (Å²) < 4.78 is 10.9. The van der Waals surface area contributed by atoms with E-state index in [1.54, 1.807) is 60.7 Å². The zero-order valence-electron chi connectivity index (χ0n) is 17.1. The average Bonchev–Trinajstić information content (AvgIpc) is 2.67. The summed E-state index contributed by atoms with van der Waals surface area (Å²) >= 11 is 0. The molecule has 0 amide bonds. The van der Waals surface area contributed by atoms with Crippen LogP contribution in [0.25, 0.3) is 0 Å². The first-order valence-corrected chi connectivity index (χ1v) is 9.43. The summed E-state index contributed by atoms with van der Waals surface area (Å²) in [5.74, 6) is -0.537. The van der Waals surface area contributed by atoms with Gasteiger partial charge < -0.3 is 20.9 Å². The van der Waals surface area contributed by atoms with Gasteiger partial charge in [-0.3, -0.25) is 0 Å². The van der Waals surface area contributed by atoms with Crippen molar-refractivity contribution in [1.29, 1.82) is 0 Å². The van der Waals surface area contributed by atoms with Gasteiger partial charge in [0.05, 0.1) is 11.1 Å². The molecule has 0 radical (unpaired) electrons. The Morgan fingerprint density at radius 3 is 1.50 bits per heavy atom. The van der Waals surface area contributed by atoms with Gasteiger partial charge in [0.25, 0.3) is 0 Å². The molecule has 0 aliphatic rings. The topological polar surface area (TPSA) is 105 Å². The van der Waals surface area contributed by atoms with Gasteiger partial charge in [-0.1, -0.05) is 32.9 Å². The zero-order valence-corrected chi connectivity index (χ0v) is 17.1. The lowest BCUT2D eigenvalue weighted by molar-refractivity contribution is 0.0734. The normalized spacial score (nSPS) is 11.0. The fourth-order valence-electron chi connectivity index (χ4n) is 2.78. The first kappa shape index (κ1) is 20.9. The monoisotopic (exact) mass is 404 g/mol. The molecule has 0 bridgehead atoms. The third-order valence-corrected chi connectivity index (χ3v) is 4.41. The van der Waals surface area contributed by atoms with Gasteiger partial charge in [-0.25, -0.2) is 9.59 Å². The quantitative estimate of drug-likeness (QED) is 0.374. The second-order valence-corrected chi connectivity index (χ2v) is 7.97. The molecule has 0 aliphatic heterocycles. The highest BCUT2D eigenvalue weighted by atomic mass is 16.5. The third-order valence-electron chi connectivity index (χ3n) is 4.41. The van der Waals surface area contributed by atoms with Crippen LogP contribution in [-0.4, -0.2) is 11.9 Å². The van der Waals surface area contributed by atoms with Gasteiger partial charge in [0.1, 0.15) is 11.5 Å². The van der Waals surface area contributed by atoms with Crippen molar-refractivity contribution in [2.24, 2.45) is 0 Å². The molecule has 0 spiro atoms. The number of esters is 2. The van der Waals surface area contributed by atoms with E-state index in [4.69, 9.17) is 20.9 Å². The number of ether oxygens (including phenoxy) is 2. The first-order valence-electron chi connectivity index (χ1n) is 9.43. The van der Waals surface area contributed by atoms with Crippen LogP contribution >= 0.6 is 0 Å². The van der Waals surface area contributed by atoms with Crippen LogP contribution in [0, 0.1) is 0 Å². The highest BCUT2D eigenvalue weighted by Gasteiger charge is 2.22. The van der Waals surface area contributed by atoms with Crippen LogP contribution in [-0.2, 0) is 5.41 Å². The van der Waals surface area contributed by atoms with Crippen LogP contribution in [0.2, 0.25) is 0 Å². The Kier molecular flexibility index (Phi) is 5.78. The Hall–Kier alpha value is -3.80. The summed E-state index contributed by atoms with van der Waals surface area (Å²) in [4.78, 5) is 25.5. The number of hydrogen-bond donors (Lipinski definition) is 2. The Morgan fingerprint density at radius 2 is 1.13 bits per heavy atom.